The minimum atomic E-state index is -3.52. The highest BCUT2D eigenvalue weighted by molar-refractivity contribution is 7.92. The second kappa shape index (κ2) is 13.0. The van der Waals surface area contributed by atoms with Gasteiger partial charge in [-0.1, -0.05) is 31.2 Å². The number of benzene rings is 2. The van der Waals surface area contributed by atoms with Crippen LogP contribution in [0.25, 0.3) is 0 Å². The van der Waals surface area contributed by atoms with Crippen LogP contribution in [0.5, 0.6) is 5.75 Å². The van der Waals surface area contributed by atoms with Gasteiger partial charge in [0.1, 0.15) is 10.8 Å². The van der Waals surface area contributed by atoms with Gasteiger partial charge in [0.2, 0.25) is 5.95 Å². The number of sulfone groups is 1. The molecule has 0 bridgehead atoms. The van der Waals surface area contributed by atoms with Crippen molar-refractivity contribution in [1.29, 1.82) is 0 Å². The van der Waals surface area contributed by atoms with Gasteiger partial charge in [0.25, 0.3) is 0 Å². The molecule has 3 N–H and O–H groups in total. The van der Waals surface area contributed by atoms with Crippen molar-refractivity contribution < 1.29 is 13.2 Å². The molecule has 10 heteroatoms. The molecule has 0 radical (unpaired) electrons. The van der Waals surface area contributed by atoms with Crippen LogP contribution in [-0.4, -0.2) is 42.8 Å². The van der Waals surface area contributed by atoms with Gasteiger partial charge in [0.15, 0.2) is 15.7 Å². The fourth-order valence-corrected chi connectivity index (χ4v) is 5.90. The quantitative estimate of drug-likeness (QED) is 0.251. The molecule has 8 nitrogen and oxygen atoms in total. The summed E-state index contributed by atoms with van der Waals surface area (Å²) in [6.07, 6.45) is 3.66. The molecule has 0 saturated carbocycles. The van der Waals surface area contributed by atoms with Crippen molar-refractivity contribution in [1.82, 2.24) is 15.3 Å². The Hall–Kier alpha value is -2.88. The number of anilines is 4. The van der Waals surface area contributed by atoms with E-state index in [2.05, 4.69) is 45.0 Å². The van der Waals surface area contributed by atoms with E-state index in [9.17, 15) is 8.42 Å². The third-order valence-electron chi connectivity index (χ3n) is 6.57. The van der Waals surface area contributed by atoms with E-state index in [4.69, 9.17) is 16.3 Å². The summed E-state index contributed by atoms with van der Waals surface area (Å²) in [6, 6.07) is 10.9. The first-order valence-electron chi connectivity index (χ1n) is 13.0. The molecule has 1 aliphatic rings. The minimum absolute atomic E-state index is 0. The molecule has 3 aromatic rings. The highest BCUT2D eigenvalue weighted by Gasteiger charge is 2.24. The summed E-state index contributed by atoms with van der Waals surface area (Å²) in [5, 5.41) is 9.51. The summed E-state index contributed by atoms with van der Waals surface area (Å²) in [5.74, 6) is 1.83. The van der Waals surface area contributed by atoms with Crippen molar-refractivity contribution in [2.24, 2.45) is 0 Å². The Morgan fingerprint density at radius 2 is 1.74 bits per heavy atom. The average molecular weight is 574 g/mol. The third-order valence-corrected chi connectivity index (χ3v) is 9.05. The number of hydrogen-bond acceptors (Lipinski definition) is 8. The van der Waals surface area contributed by atoms with E-state index in [-0.39, 0.29) is 23.4 Å². The Kier molecular flexibility index (Phi) is 10.2. The van der Waals surface area contributed by atoms with Crippen LogP contribution in [0.1, 0.15) is 65.0 Å². The predicted octanol–water partition coefficient (Wildman–Crippen LogP) is 7.00. The third kappa shape index (κ3) is 7.21. The van der Waals surface area contributed by atoms with Crippen LogP contribution < -0.4 is 20.7 Å². The summed E-state index contributed by atoms with van der Waals surface area (Å²) in [4.78, 5) is 9.12. The lowest BCUT2D eigenvalue weighted by Crippen LogP contribution is -2.27. The fourth-order valence-electron chi connectivity index (χ4n) is 4.56. The zero-order chi connectivity index (χ0) is 27.4. The number of nitrogens with one attached hydrogen (secondary N) is 3. The first-order chi connectivity index (χ1) is 18.1. The molecule has 1 aliphatic heterocycles. The van der Waals surface area contributed by atoms with E-state index in [0.717, 1.165) is 37.4 Å². The molecular weight excluding hydrogens is 534 g/mol. The Bertz CT molecular complexity index is 1390. The van der Waals surface area contributed by atoms with Crippen LogP contribution in [0, 0.1) is 6.92 Å². The molecule has 0 amide bonds. The monoisotopic (exact) mass is 573 g/mol. The van der Waals surface area contributed by atoms with Gasteiger partial charge in [-0.05, 0) is 102 Å². The number of rotatable bonds is 9. The Morgan fingerprint density at radius 1 is 1.05 bits per heavy atom. The summed E-state index contributed by atoms with van der Waals surface area (Å²) in [6.45, 7) is 11.4. The van der Waals surface area contributed by atoms with Crippen molar-refractivity contribution in [3.05, 3.63) is 58.7 Å². The zero-order valence-electron chi connectivity index (χ0n) is 22.5. The number of ether oxygens (including phenoxy) is 1. The maximum absolute atomic E-state index is 12.9. The number of aromatic nitrogens is 2. The normalized spacial score (nSPS) is 14.3. The second-order valence-electron chi connectivity index (χ2n) is 10.1. The van der Waals surface area contributed by atoms with Gasteiger partial charge in [-0.3, -0.25) is 0 Å². The molecule has 2 heterocycles. The van der Waals surface area contributed by atoms with Gasteiger partial charge in [-0.15, -0.1) is 0 Å². The van der Waals surface area contributed by atoms with Gasteiger partial charge in [-0.25, -0.2) is 13.4 Å². The average Bonchev–Trinajstić information content (AvgIpc) is 2.88. The van der Waals surface area contributed by atoms with Crippen LogP contribution >= 0.6 is 11.6 Å². The van der Waals surface area contributed by atoms with Crippen LogP contribution in [0.4, 0.5) is 23.1 Å². The van der Waals surface area contributed by atoms with Crippen molar-refractivity contribution in [2.45, 2.75) is 77.1 Å². The molecule has 0 spiro atoms. The smallest absolute Gasteiger partial charge is 0.229 e. The largest absolute Gasteiger partial charge is 0.489 e. The first kappa shape index (κ1) is 30.7. The lowest BCUT2D eigenvalue weighted by atomic mass is 9.87. The molecule has 1 saturated heterocycles. The number of halogens is 1. The number of hydrogen-bond donors (Lipinski definition) is 3. The van der Waals surface area contributed by atoms with Gasteiger partial charge in [-0.2, -0.15) is 4.98 Å². The highest BCUT2D eigenvalue weighted by Crippen LogP contribution is 2.37. The molecule has 0 aliphatic carbocycles. The first-order valence-corrected chi connectivity index (χ1v) is 14.9. The number of piperidine rings is 1. The molecule has 39 heavy (non-hydrogen) atoms. The van der Waals surface area contributed by atoms with Gasteiger partial charge in [0.05, 0.1) is 33.8 Å². The molecule has 212 valence electrons. The van der Waals surface area contributed by atoms with Crippen molar-refractivity contribution in [3.8, 4) is 5.75 Å². The molecule has 1 fully saturated rings. The van der Waals surface area contributed by atoms with E-state index >= 15 is 0 Å². The lowest BCUT2D eigenvalue weighted by molar-refractivity contribution is 0.243. The minimum Gasteiger partial charge on any atom is -0.489 e. The van der Waals surface area contributed by atoms with Gasteiger partial charge < -0.3 is 20.7 Å². The van der Waals surface area contributed by atoms with Crippen molar-refractivity contribution in [3.63, 3.8) is 0 Å². The van der Waals surface area contributed by atoms with Crippen molar-refractivity contribution in [2.75, 3.05) is 23.7 Å². The van der Waals surface area contributed by atoms with Crippen molar-refractivity contribution >= 4 is 44.6 Å². The summed E-state index contributed by atoms with van der Waals surface area (Å²) in [7, 11) is -3.52. The number of para-hydroxylation sites is 1. The molecule has 1 aromatic heterocycles. The van der Waals surface area contributed by atoms with Crippen LogP contribution in [0.15, 0.2) is 47.5 Å². The summed E-state index contributed by atoms with van der Waals surface area (Å²) >= 11 is 6.42. The van der Waals surface area contributed by atoms with E-state index in [1.807, 2.05) is 13.8 Å². The number of nitrogens with zero attached hydrogens (tertiary/aromatic N) is 2. The standard InChI is InChI=1S/C28H36ClN5O3S.CH4/c1-17(2)37-25-15-21(20-10-12-30-13-11-20)19(5)14-24(25)33-28-31-16-22(29)27(34-28)32-23-8-6-7-9-26(23)38(35,36)18(3)4;/h6-9,14-18,20,30H,10-13H2,1-5H3,(H2,31,32,33,34);1H4. The summed E-state index contributed by atoms with van der Waals surface area (Å²) in [5.41, 5.74) is 3.63. The SMILES string of the molecule is C.Cc1cc(Nc2ncc(Cl)c(Nc3ccccc3S(=O)(=O)C(C)C)n2)c(OC(C)C)cc1C1CCNCC1. The second-order valence-corrected chi connectivity index (χ2v) is 13.0. The zero-order valence-corrected chi connectivity index (χ0v) is 24.1. The van der Waals surface area contributed by atoms with Gasteiger partial charge >= 0.3 is 0 Å². The topological polar surface area (TPSA) is 105 Å². The van der Waals surface area contributed by atoms with Gasteiger partial charge in [0, 0.05) is 0 Å². The van der Waals surface area contributed by atoms with E-state index in [1.54, 1.807) is 38.1 Å². The molecular formula is C29H40ClN5O3S. The lowest BCUT2D eigenvalue weighted by Gasteiger charge is -2.26. The van der Waals surface area contributed by atoms with E-state index in [1.165, 1.54) is 17.3 Å². The fraction of sp³-hybridized carbons (Fsp3) is 0.448. The summed E-state index contributed by atoms with van der Waals surface area (Å²) < 4.78 is 32.0. The van der Waals surface area contributed by atoms with Crippen LogP contribution in [0.3, 0.4) is 0 Å². The maximum Gasteiger partial charge on any atom is 0.229 e. The maximum atomic E-state index is 12.9. The predicted molar refractivity (Wildman–Crippen MR) is 161 cm³/mol. The Balaban J connectivity index is 0.00000420. The number of aryl methyl sites for hydroxylation is 1. The van der Waals surface area contributed by atoms with E-state index in [0.29, 0.717) is 23.4 Å². The molecule has 0 unspecified atom stereocenters. The Morgan fingerprint density at radius 3 is 2.41 bits per heavy atom. The van der Waals surface area contributed by atoms with E-state index < -0.39 is 15.1 Å². The highest BCUT2D eigenvalue weighted by atomic mass is 35.5. The molecule has 2 aromatic carbocycles. The Labute approximate surface area is 237 Å². The molecule has 4 rings (SSSR count). The van der Waals surface area contributed by atoms with Crippen LogP contribution in [0.2, 0.25) is 5.02 Å². The molecule has 0 atom stereocenters. The van der Waals surface area contributed by atoms with Crippen LogP contribution in [-0.2, 0) is 9.84 Å².